The summed E-state index contributed by atoms with van der Waals surface area (Å²) in [6, 6.07) is 12.5. The van der Waals surface area contributed by atoms with Gasteiger partial charge in [-0.05, 0) is 30.7 Å². The van der Waals surface area contributed by atoms with E-state index in [0.29, 0.717) is 6.42 Å². The van der Waals surface area contributed by atoms with Crippen molar-refractivity contribution in [3.8, 4) is 6.07 Å². The zero-order valence-electron chi connectivity index (χ0n) is 10.2. The van der Waals surface area contributed by atoms with Crippen molar-refractivity contribution in [3.63, 3.8) is 0 Å². The lowest BCUT2D eigenvalue weighted by Gasteiger charge is -2.23. The second-order valence-electron chi connectivity index (χ2n) is 4.01. The Hall–Kier alpha value is -1.14. The molecular weight excluding hydrogens is 228 g/mol. The van der Waals surface area contributed by atoms with Gasteiger partial charge >= 0.3 is 0 Å². The largest absolute Gasteiger partial charge is 0.371 e. The van der Waals surface area contributed by atoms with Gasteiger partial charge in [0.1, 0.15) is 0 Å². The standard InChI is InChI=1S/C14H20N2S/c15-10-7-12-16(11-5-2-6-13-17)14-8-3-1-4-9-14/h1,3-4,8-9,17H,2,5-7,11-13H2. The zero-order valence-corrected chi connectivity index (χ0v) is 11.1. The number of nitriles is 1. The van der Waals surface area contributed by atoms with E-state index in [0.717, 1.165) is 18.8 Å². The SMILES string of the molecule is N#CCCN(CCCCCS)c1ccccc1. The molecule has 92 valence electrons. The molecule has 3 heteroatoms. The van der Waals surface area contributed by atoms with Crippen LogP contribution in [0.1, 0.15) is 25.7 Å². The summed E-state index contributed by atoms with van der Waals surface area (Å²) in [5, 5.41) is 8.68. The van der Waals surface area contributed by atoms with Gasteiger partial charge in [0.25, 0.3) is 0 Å². The van der Waals surface area contributed by atoms with Crippen LogP contribution in [0.15, 0.2) is 30.3 Å². The number of hydrogen-bond donors (Lipinski definition) is 1. The smallest absolute Gasteiger partial charge is 0.0640 e. The highest BCUT2D eigenvalue weighted by Crippen LogP contribution is 2.14. The van der Waals surface area contributed by atoms with Crippen LogP contribution >= 0.6 is 12.6 Å². The first-order valence-corrected chi connectivity index (χ1v) is 6.79. The summed E-state index contributed by atoms with van der Waals surface area (Å²) in [5.74, 6) is 0.962. The van der Waals surface area contributed by atoms with Crippen LogP contribution in [-0.4, -0.2) is 18.8 Å². The number of nitrogens with zero attached hydrogens (tertiary/aromatic N) is 2. The molecule has 0 aliphatic carbocycles. The molecule has 2 nitrogen and oxygen atoms in total. The molecule has 0 unspecified atom stereocenters. The molecule has 1 rings (SSSR count). The lowest BCUT2D eigenvalue weighted by Crippen LogP contribution is -2.25. The lowest BCUT2D eigenvalue weighted by molar-refractivity contribution is 0.680. The monoisotopic (exact) mass is 248 g/mol. The number of anilines is 1. The minimum atomic E-state index is 0.585. The highest BCUT2D eigenvalue weighted by Gasteiger charge is 2.04. The first kappa shape index (κ1) is 13.9. The van der Waals surface area contributed by atoms with Crippen molar-refractivity contribution < 1.29 is 0 Å². The zero-order chi connectivity index (χ0) is 12.3. The van der Waals surface area contributed by atoms with E-state index in [1.165, 1.54) is 24.9 Å². The first-order valence-electron chi connectivity index (χ1n) is 6.16. The molecule has 0 amide bonds. The molecular formula is C14H20N2S. The molecule has 0 fully saturated rings. The van der Waals surface area contributed by atoms with E-state index >= 15 is 0 Å². The summed E-state index contributed by atoms with van der Waals surface area (Å²) in [6.45, 7) is 1.85. The molecule has 0 heterocycles. The predicted molar refractivity (Wildman–Crippen MR) is 76.6 cm³/mol. The lowest BCUT2D eigenvalue weighted by atomic mass is 10.2. The Kier molecular flexibility index (Phi) is 7.33. The molecule has 17 heavy (non-hydrogen) atoms. The summed E-state index contributed by atoms with van der Waals surface area (Å²) < 4.78 is 0. The number of hydrogen-bond acceptors (Lipinski definition) is 3. The normalized spacial score (nSPS) is 9.88. The number of para-hydroxylation sites is 1. The van der Waals surface area contributed by atoms with Crippen molar-refractivity contribution in [1.29, 1.82) is 5.26 Å². The van der Waals surface area contributed by atoms with Crippen LogP contribution in [0.5, 0.6) is 0 Å². The molecule has 0 saturated heterocycles. The third kappa shape index (κ3) is 5.65. The Morgan fingerprint density at radius 1 is 1.06 bits per heavy atom. The maximum Gasteiger partial charge on any atom is 0.0640 e. The Morgan fingerprint density at radius 3 is 2.47 bits per heavy atom. The van der Waals surface area contributed by atoms with Crippen LogP contribution in [0, 0.1) is 11.3 Å². The van der Waals surface area contributed by atoms with Crippen LogP contribution in [0.25, 0.3) is 0 Å². The Labute approximate surface area is 110 Å². The molecule has 0 aliphatic heterocycles. The van der Waals surface area contributed by atoms with E-state index in [1.54, 1.807) is 0 Å². The van der Waals surface area contributed by atoms with Gasteiger partial charge in [-0.1, -0.05) is 24.6 Å². The highest BCUT2D eigenvalue weighted by atomic mass is 32.1. The Balaban J connectivity index is 2.46. The fourth-order valence-electron chi connectivity index (χ4n) is 1.79. The number of rotatable bonds is 8. The summed E-state index contributed by atoms with van der Waals surface area (Å²) >= 11 is 4.21. The fourth-order valence-corrected chi connectivity index (χ4v) is 2.01. The van der Waals surface area contributed by atoms with Crippen molar-refractivity contribution in [2.24, 2.45) is 0 Å². The molecule has 1 aromatic rings. The van der Waals surface area contributed by atoms with Crippen LogP contribution in [-0.2, 0) is 0 Å². The van der Waals surface area contributed by atoms with E-state index < -0.39 is 0 Å². The van der Waals surface area contributed by atoms with E-state index in [-0.39, 0.29) is 0 Å². The van der Waals surface area contributed by atoms with Gasteiger partial charge < -0.3 is 4.90 Å². The quantitative estimate of drug-likeness (QED) is 0.563. The molecule has 0 spiro atoms. The average molecular weight is 248 g/mol. The Bertz CT molecular complexity index is 332. The second kappa shape index (κ2) is 8.95. The van der Waals surface area contributed by atoms with Gasteiger partial charge in [0.05, 0.1) is 12.5 Å². The highest BCUT2D eigenvalue weighted by molar-refractivity contribution is 7.80. The summed E-state index contributed by atoms with van der Waals surface area (Å²) in [4.78, 5) is 2.29. The van der Waals surface area contributed by atoms with Crippen LogP contribution in [0.2, 0.25) is 0 Å². The predicted octanol–water partition coefficient (Wildman–Crippen LogP) is 3.51. The summed E-state index contributed by atoms with van der Waals surface area (Å²) in [6.07, 6.45) is 4.13. The van der Waals surface area contributed by atoms with Gasteiger partial charge in [-0.3, -0.25) is 0 Å². The average Bonchev–Trinajstić information content (AvgIpc) is 2.39. The number of thiol groups is 1. The van der Waals surface area contributed by atoms with Crippen LogP contribution in [0.3, 0.4) is 0 Å². The van der Waals surface area contributed by atoms with Gasteiger partial charge in [0.15, 0.2) is 0 Å². The Morgan fingerprint density at radius 2 is 1.82 bits per heavy atom. The minimum Gasteiger partial charge on any atom is -0.371 e. The van der Waals surface area contributed by atoms with Gasteiger partial charge in [0, 0.05) is 18.8 Å². The van der Waals surface area contributed by atoms with E-state index in [1.807, 2.05) is 18.2 Å². The van der Waals surface area contributed by atoms with Crippen molar-refractivity contribution >= 4 is 18.3 Å². The van der Waals surface area contributed by atoms with Crippen molar-refractivity contribution in [1.82, 2.24) is 0 Å². The van der Waals surface area contributed by atoms with Crippen molar-refractivity contribution in [3.05, 3.63) is 30.3 Å². The molecule has 0 aliphatic rings. The molecule has 0 atom stereocenters. The molecule has 0 N–H and O–H groups in total. The van der Waals surface area contributed by atoms with Crippen molar-refractivity contribution in [2.45, 2.75) is 25.7 Å². The topological polar surface area (TPSA) is 27.0 Å². The van der Waals surface area contributed by atoms with E-state index in [4.69, 9.17) is 5.26 Å². The summed E-state index contributed by atoms with van der Waals surface area (Å²) in [7, 11) is 0. The van der Waals surface area contributed by atoms with Gasteiger partial charge in [-0.2, -0.15) is 17.9 Å². The summed E-state index contributed by atoms with van der Waals surface area (Å²) in [5.41, 5.74) is 1.22. The minimum absolute atomic E-state index is 0.585. The first-order chi connectivity index (χ1) is 8.38. The third-order valence-corrected chi connectivity index (χ3v) is 3.02. The number of unbranched alkanes of at least 4 members (excludes halogenated alkanes) is 2. The molecule has 0 radical (unpaired) electrons. The van der Waals surface area contributed by atoms with Crippen molar-refractivity contribution in [2.75, 3.05) is 23.7 Å². The fraction of sp³-hybridized carbons (Fsp3) is 0.500. The maximum absolute atomic E-state index is 8.68. The van der Waals surface area contributed by atoms with Gasteiger partial charge in [0.2, 0.25) is 0 Å². The van der Waals surface area contributed by atoms with Crippen LogP contribution in [0.4, 0.5) is 5.69 Å². The van der Waals surface area contributed by atoms with Gasteiger partial charge in [-0.25, -0.2) is 0 Å². The molecule has 0 bridgehead atoms. The molecule has 0 aromatic heterocycles. The maximum atomic E-state index is 8.68. The second-order valence-corrected chi connectivity index (χ2v) is 4.46. The van der Waals surface area contributed by atoms with Gasteiger partial charge in [-0.15, -0.1) is 0 Å². The molecule has 0 saturated carbocycles. The number of benzene rings is 1. The molecule has 1 aromatic carbocycles. The van der Waals surface area contributed by atoms with Crippen LogP contribution < -0.4 is 4.90 Å². The van der Waals surface area contributed by atoms with E-state index in [2.05, 4.69) is 35.7 Å². The third-order valence-electron chi connectivity index (χ3n) is 2.70. The van der Waals surface area contributed by atoms with E-state index in [9.17, 15) is 0 Å².